The average molecular weight is 195 g/mol. The molecule has 76 valence electrons. The SMILES string of the molecule is NC[C@@H](N)c1ccc(N)c(C(=O)O)c1. The van der Waals surface area contributed by atoms with Crippen molar-refractivity contribution in [3.05, 3.63) is 29.3 Å². The fourth-order valence-corrected chi connectivity index (χ4v) is 1.13. The summed E-state index contributed by atoms with van der Waals surface area (Å²) >= 11 is 0. The Hall–Kier alpha value is -1.59. The van der Waals surface area contributed by atoms with E-state index in [4.69, 9.17) is 22.3 Å². The normalized spacial score (nSPS) is 12.4. The number of nitrogen functional groups attached to an aromatic ring is 1. The Morgan fingerprint density at radius 1 is 1.50 bits per heavy atom. The zero-order chi connectivity index (χ0) is 10.7. The van der Waals surface area contributed by atoms with Gasteiger partial charge in [0.1, 0.15) is 0 Å². The van der Waals surface area contributed by atoms with E-state index >= 15 is 0 Å². The zero-order valence-electron chi connectivity index (χ0n) is 7.60. The van der Waals surface area contributed by atoms with Gasteiger partial charge in [0.15, 0.2) is 0 Å². The van der Waals surface area contributed by atoms with Crippen LogP contribution in [-0.4, -0.2) is 17.6 Å². The Labute approximate surface area is 81.5 Å². The molecular formula is C9H13N3O2. The summed E-state index contributed by atoms with van der Waals surface area (Å²) in [5.41, 5.74) is 17.5. The van der Waals surface area contributed by atoms with Crippen molar-refractivity contribution in [2.45, 2.75) is 6.04 Å². The quantitative estimate of drug-likeness (QED) is 0.504. The Morgan fingerprint density at radius 2 is 2.14 bits per heavy atom. The molecule has 0 fully saturated rings. The Balaban J connectivity index is 3.12. The lowest BCUT2D eigenvalue weighted by Crippen LogP contribution is -2.21. The van der Waals surface area contributed by atoms with Crippen LogP contribution in [0.3, 0.4) is 0 Å². The first-order chi connectivity index (χ1) is 6.56. The molecule has 0 amide bonds. The van der Waals surface area contributed by atoms with Gasteiger partial charge in [-0.15, -0.1) is 0 Å². The molecule has 0 aliphatic rings. The largest absolute Gasteiger partial charge is 0.478 e. The van der Waals surface area contributed by atoms with Crippen LogP contribution in [0.2, 0.25) is 0 Å². The number of anilines is 1. The molecule has 0 unspecified atom stereocenters. The molecule has 1 aromatic rings. The van der Waals surface area contributed by atoms with Gasteiger partial charge in [-0.2, -0.15) is 0 Å². The number of carbonyl (C=O) groups is 1. The maximum atomic E-state index is 10.7. The summed E-state index contributed by atoms with van der Waals surface area (Å²) in [5, 5.41) is 8.79. The van der Waals surface area contributed by atoms with Gasteiger partial charge in [-0.1, -0.05) is 6.07 Å². The van der Waals surface area contributed by atoms with Gasteiger partial charge in [0.25, 0.3) is 0 Å². The van der Waals surface area contributed by atoms with Gasteiger partial charge in [-0.05, 0) is 17.7 Å². The van der Waals surface area contributed by atoms with Gasteiger partial charge in [-0.3, -0.25) is 0 Å². The number of aromatic carboxylic acids is 1. The fraction of sp³-hybridized carbons (Fsp3) is 0.222. The summed E-state index contributed by atoms with van der Waals surface area (Å²) in [4.78, 5) is 10.7. The molecule has 14 heavy (non-hydrogen) atoms. The van der Waals surface area contributed by atoms with Crippen molar-refractivity contribution in [2.24, 2.45) is 11.5 Å². The van der Waals surface area contributed by atoms with Crippen molar-refractivity contribution in [2.75, 3.05) is 12.3 Å². The monoisotopic (exact) mass is 195 g/mol. The third-order valence-electron chi connectivity index (χ3n) is 1.99. The molecule has 0 aliphatic heterocycles. The van der Waals surface area contributed by atoms with E-state index in [1.165, 1.54) is 12.1 Å². The molecule has 0 heterocycles. The van der Waals surface area contributed by atoms with E-state index in [0.717, 1.165) is 0 Å². The second-order valence-electron chi connectivity index (χ2n) is 2.99. The van der Waals surface area contributed by atoms with Crippen LogP contribution < -0.4 is 17.2 Å². The Morgan fingerprint density at radius 3 is 2.64 bits per heavy atom. The van der Waals surface area contributed by atoms with E-state index in [2.05, 4.69) is 0 Å². The standard InChI is InChI=1S/C9H13N3O2/c10-4-8(12)5-1-2-7(11)6(3-5)9(13)14/h1-3,8H,4,10-12H2,(H,13,14)/t8-/m1/s1. The minimum atomic E-state index is -1.06. The van der Waals surface area contributed by atoms with Gasteiger partial charge in [0.05, 0.1) is 5.56 Å². The van der Waals surface area contributed by atoms with E-state index in [1.54, 1.807) is 6.07 Å². The molecule has 5 heteroatoms. The summed E-state index contributed by atoms with van der Waals surface area (Å²) in [6, 6.07) is 4.30. The van der Waals surface area contributed by atoms with Crippen LogP contribution in [0.25, 0.3) is 0 Å². The summed E-state index contributed by atoms with van der Waals surface area (Å²) in [6.07, 6.45) is 0. The van der Waals surface area contributed by atoms with Crippen LogP contribution in [-0.2, 0) is 0 Å². The number of benzene rings is 1. The van der Waals surface area contributed by atoms with Gasteiger partial charge in [0.2, 0.25) is 0 Å². The Kier molecular flexibility index (Phi) is 3.06. The minimum absolute atomic E-state index is 0.0615. The van der Waals surface area contributed by atoms with E-state index in [1.807, 2.05) is 0 Å². The lowest BCUT2D eigenvalue weighted by Gasteiger charge is -2.10. The van der Waals surface area contributed by atoms with E-state index in [0.29, 0.717) is 5.56 Å². The molecular weight excluding hydrogens is 182 g/mol. The van der Waals surface area contributed by atoms with Crippen molar-refractivity contribution in [1.29, 1.82) is 0 Å². The van der Waals surface area contributed by atoms with Crippen molar-refractivity contribution in [3.8, 4) is 0 Å². The number of nitrogens with two attached hydrogens (primary N) is 3. The van der Waals surface area contributed by atoms with E-state index in [9.17, 15) is 4.79 Å². The first-order valence-electron chi connectivity index (χ1n) is 4.14. The van der Waals surface area contributed by atoms with Crippen LogP contribution >= 0.6 is 0 Å². The van der Waals surface area contributed by atoms with Crippen molar-refractivity contribution < 1.29 is 9.90 Å². The first-order valence-corrected chi connectivity index (χ1v) is 4.14. The van der Waals surface area contributed by atoms with Crippen molar-refractivity contribution in [3.63, 3.8) is 0 Å². The highest BCUT2D eigenvalue weighted by Gasteiger charge is 2.11. The van der Waals surface area contributed by atoms with E-state index < -0.39 is 5.97 Å². The second kappa shape index (κ2) is 4.08. The first kappa shape index (κ1) is 10.5. The minimum Gasteiger partial charge on any atom is -0.478 e. The predicted octanol–water partition coefficient (Wildman–Crippen LogP) is -0.0745. The van der Waals surface area contributed by atoms with Crippen molar-refractivity contribution in [1.82, 2.24) is 0 Å². The highest BCUT2D eigenvalue weighted by Crippen LogP contribution is 2.17. The topological polar surface area (TPSA) is 115 Å². The van der Waals surface area contributed by atoms with Gasteiger partial charge >= 0.3 is 5.97 Å². The van der Waals surface area contributed by atoms with Gasteiger partial charge in [-0.25, -0.2) is 4.79 Å². The second-order valence-corrected chi connectivity index (χ2v) is 2.99. The van der Waals surface area contributed by atoms with Gasteiger partial charge in [0, 0.05) is 18.3 Å². The number of hydrogen-bond acceptors (Lipinski definition) is 4. The van der Waals surface area contributed by atoms with Crippen LogP contribution in [0.1, 0.15) is 22.0 Å². The fourth-order valence-electron chi connectivity index (χ4n) is 1.13. The molecule has 0 aliphatic carbocycles. The maximum Gasteiger partial charge on any atom is 0.337 e. The summed E-state index contributed by atoms with van der Waals surface area (Å²) in [5.74, 6) is -1.06. The highest BCUT2D eigenvalue weighted by molar-refractivity contribution is 5.93. The maximum absolute atomic E-state index is 10.7. The number of carboxylic acid groups (broad SMARTS) is 1. The average Bonchev–Trinajstić information content (AvgIpc) is 2.17. The number of carboxylic acids is 1. The third kappa shape index (κ3) is 2.01. The third-order valence-corrected chi connectivity index (χ3v) is 1.99. The summed E-state index contributed by atoms with van der Waals surface area (Å²) in [7, 11) is 0. The molecule has 5 nitrogen and oxygen atoms in total. The molecule has 7 N–H and O–H groups in total. The van der Waals surface area contributed by atoms with Crippen LogP contribution in [0.4, 0.5) is 5.69 Å². The molecule has 0 spiro atoms. The van der Waals surface area contributed by atoms with Gasteiger partial charge < -0.3 is 22.3 Å². The van der Waals surface area contributed by atoms with Crippen LogP contribution in [0.5, 0.6) is 0 Å². The van der Waals surface area contributed by atoms with Crippen LogP contribution in [0.15, 0.2) is 18.2 Å². The smallest absolute Gasteiger partial charge is 0.337 e. The Bertz CT molecular complexity index is 352. The predicted molar refractivity (Wildman–Crippen MR) is 53.8 cm³/mol. The van der Waals surface area contributed by atoms with E-state index in [-0.39, 0.29) is 23.8 Å². The molecule has 0 bridgehead atoms. The molecule has 0 saturated heterocycles. The van der Waals surface area contributed by atoms with Crippen LogP contribution in [0, 0.1) is 0 Å². The molecule has 0 radical (unpaired) electrons. The molecule has 0 aromatic heterocycles. The lowest BCUT2D eigenvalue weighted by atomic mass is 10.0. The lowest BCUT2D eigenvalue weighted by molar-refractivity contribution is 0.0698. The molecule has 0 saturated carbocycles. The number of hydrogen-bond donors (Lipinski definition) is 4. The molecule has 1 aromatic carbocycles. The summed E-state index contributed by atoms with van der Waals surface area (Å²) in [6.45, 7) is 0.267. The molecule has 1 atom stereocenters. The molecule has 1 rings (SSSR count). The summed E-state index contributed by atoms with van der Waals surface area (Å²) < 4.78 is 0. The zero-order valence-corrected chi connectivity index (χ0v) is 7.60. The number of rotatable bonds is 3. The van der Waals surface area contributed by atoms with Crippen molar-refractivity contribution >= 4 is 11.7 Å². The highest BCUT2D eigenvalue weighted by atomic mass is 16.4.